The number of Topliss-reactive ketones (excluding diaryl/α,β-unsaturated/α-hetero) is 1. The van der Waals surface area contributed by atoms with Gasteiger partial charge in [0.1, 0.15) is 11.2 Å². The Hall–Kier alpha value is -0.0700. The van der Waals surface area contributed by atoms with Gasteiger partial charge in [-0.3, -0.25) is 9.69 Å². The molecule has 0 aromatic carbocycles. The molecule has 0 N–H and O–H groups in total. The zero-order chi connectivity index (χ0) is 13.9. The average molecular weight is 305 g/mol. The van der Waals surface area contributed by atoms with Crippen LogP contribution < -0.4 is 0 Å². The molecule has 110 valence electrons. The number of nitrogens with zero attached hydrogens (tertiary/aromatic N) is 1. The first-order chi connectivity index (χ1) is 9.06. The summed E-state index contributed by atoms with van der Waals surface area (Å²) in [7, 11) is -3.10. The van der Waals surface area contributed by atoms with Crippen LogP contribution in [-0.2, 0) is 14.6 Å². The maximum atomic E-state index is 12.2. The van der Waals surface area contributed by atoms with Gasteiger partial charge < -0.3 is 0 Å². The van der Waals surface area contributed by atoms with E-state index in [9.17, 15) is 13.2 Å². The summed E-state index contributed by atoms with van der Waals surface area (Å²) in [5.74, 6) is 1.95. The summed E-state index contributed by atoms with van der Waals surface area (Å²) in [5.41, 5.74) is 0. The van der Waals surface area contributed by atoms with Gasteiger partial charge in [0.2, 0.25) is 0 Å². The maximum Gasteiger partial charge on any atom is 0.166 e. The van der Waals surface area contributed by atoms with Gasteiger partial charge in [-0.15, -0.1) is 0 Å². The summed E-state index contributed by atoms with van der Waals surface area (Å²) in [4.78, 5) is 14.2. The number of hydrogen-bond donors (Lipinski definition) is 0. The first kappa shape index (κ1) is 15.3. The molecule has 0 bridgehead atoms. The van der Waals surface area contributed by atoms with Gasteiger partial charge in [-0.05, 0) is 12.8 Å². The second-order valence-electron chi connectivity index (χ2n) is 5.30. The Labute approximate surface area is 120 Å². The number of rotatable bonds is 3. The molecule has 1 saturated carbocycles. The second-order valence-corrected chi connectivity index (χ2v) is 8.90. The molecule has 19 heavy (non-hydrogen) atoms. The third-order valence-electron chi connectivity index (χ3n) is 4.11. The predicted octanol–water partition coefficient (Wildman–Crippen LogP) is 1.70. The van der Waals surface area contributed by atoms with Crippen LogP contribution in [0.1, 0.15) is 39.0 Å². The number of hydrogen-bond acceptors (Lipinski definition) is 5. The van der Waals surface area contributed by atoms with Crippen molar-refractivity contribution in [1.82, 2.24) is 4.90 Å². The van der Waals surface area contributed by atoms with Crippen LogP contribution in [0.25, 0.3) is 0 Å². The lowest BCUT2D eigenvalue weighted by Gasteiger charge is -2.39. The maximum absolute atomic E-state index is 12.2. The third kappa shape index (κ3) is 3.52. The van der Waals surface area contributed by atoms with Crippen molar-refractivity contribution in [2.24, 2.45) is 0 Å². The smallest absolute Gasteiger partial charge is 0.166 e. The van der Waals surface area contributed by atoms with Gasteiger partial charge in [-0.2, -0.15) is 11.8 Å². The molecule has 1 heterocycles. The molecule has 1 aliphatic heterocycles. The van der Waals surface area contributed by atoms with E-state index in [0.29, 0.717) is 12.2 Å². The van der Waals surface area contributed by atoms with E-state index >= 15 is 0 Å². The van der Waals surface area contributed by atoms with Gasteiger partial charge in [0.05, 0.1) is 6.04 Å². The lowest BCUT2D eigenvalue weighted by molar-refractivity contribution is -0.124. The summed E-state index contributed by atoms with van der Waals surface area (Å²) in [6.07, 6.45) is 4.55. The highest BCUT2D eigenvalue weighted by atomic mass is 32.2. The van der Waals surface area contributed by atoms with Crippen LogP contribution in [0.15, 0.2) is 0 Å². The number of carbonyl (C=O) groups excluding carboxylic acids is 1. The van der Waals surface area contributed by atoms with Gasteiger partial charge >= 0.3 is 0 Å². The van der Waals surface area contributed by atoms with Crippen LogP contribution in [0.5, 0.6) is 0 Å². The topological polar surface area (TPSA) is 54.5 Å². The Kier molecular flexibility index (Phi) is 5.31. The van der Waals surface area contributed by atoms with Crippen molar-refractivity contribution in [2.45, 2.75) is 50.4 Å². The molecule has 4 nitrogen and oxygen atoms in total. The Morgan fingerprint density at radius 2 is 2.11 bits per heavy atom. The number of sulfone groups is 1. The van der Waals surface area contributed by atoms with Crippen molar-refractivity contribution in [3.05, 3.63) is 0 Å². The van der Waals surface area contributed by atoms with Crippen molar-refractivity contribution in [1.29, 1.82) is 0 Å². The van der Waals surface area contributed by atoms with E-state index in [1.54, 1.807) is 18.7 Å². The summed E-state index contributed by atoms with van der Waals surface area (Å²) in [6, 6.07) is -0.158. The fourth-order valence-corrected chi connectivity index (χ4v) is 6.01. The zero-order valence-corrected chi connectivity index (χ0v) is 13.1. The Bertz CT molecular complexity index is 422. The molecule has 0 aromatic rings. The quantitative estimate of drug-likeness (QED) is 0.743. The van der Waals surface area contributed by atoms with E-state index in [1.807, 2.05) is 4.90 Å². The zero-order valence-electron chi connectivity index (χ0n) is 11.5. The highest BCUT2D eigenvalue weighted by Crippen LogP contribution is 2.28. The predicted molar refractivity (Wildman–Crippen MR) is 79.2 cm³/mol. The van der Waals surface area contributed by atoms with Gasteiger partial charge in [-0.25, -0.2) is 8.42 Å². The fraction of sp³-hybridized carbons (Fsp3) is 0.923. The number of carbonyl (C=O) groups is 1. The summed E-state index contributed by atoms with van der Waals surface area (Å²) >= 11 is 1.69. The summed E-state index contributed by atoms with van der Waals surface area (Å²) < 4.78 is 24.5. The van der Waals surface area contributed by atoms with Gasteiger partial charge in [-0.1, -0.05) is 19.8 Å². The largest absolute Gasteiger partial charge is 0.298 e. The molecule has 0 spiro atoms. The molecule has 2 rings (SSSR count). The molecule has 2 unspecified atom stereocenters. The number of ketones is 1. The highest BCUT2D eigenvalue weighted by molar-refractivity contribution is 8.01. The monoisotopic (exact) mass is 305 g/mol. The van der Waals surface area contributed by atoms with Crippen LogP contribution in [0.3, 0.4) is 0 Å². The third-order valence-corrected chi connectivity index (χ3v) is 7.42. The SMILES string of the molecule is CCS(=O)(=O)C1CSCCN1C1CCCCCC1=O. The van der Waals surface area contributed by atoms with Crippen LogP contribution in [0.2, 0.25) is 0 Å². The van der Waals surface area contributed by atoms with Gasteiger partial charge in [0.15, 0.2) is 9.84 Å². The summed E-state index contributed by atoms with van der Waals surface area (Å²) in [5, 5.41) is -0.455. The van der Waals surface area contributed by atoms with Gasteiger partial charge in [0.25, 0.3) is 0 Å². The molecular weight excluding hydrogens is 282 g/mol. The van der Waals surface area contributed by atoms with E-state index < -0.39 is 15.2 Å². The summed E-state index contributed by atoms with van der Waals surface area (Å²) in [6.45, 7) is 2.42. The Morgan fingerprint density at radius 3 is 2.84 bits per heavy atom. The van der Waals surface area contributed by atoms with Crippen molar-refractivity contribution in [3.8, 4) is 0 Å². The average Bonchev–Trinajstić information content (AvgIpc) is 2.63. The lowest BCUT2D eigenvalue weighted by atomic mass is 10.1. The normalized spacial score (nSPS) is 31.1. The molecular formula is C13H23NO3S2. The molecule has 1 saturated heterocycles. The van der Waals surface area contributed by atoms with Crippen LogP contribution in [-0.4, -0.2) is 54.3 Å². The minimum atomic E-state index is -3.10. The van der Waals surface area contributed by atoms with Crippen LogP contribution in [0.4, 0.5) is 0 Å². The molecule has 0 radical (unpaired) electrons. The first-order valence-corrected chi connectivity index (χ1v) is 10.0. The van der Waals surface area contributed by atoms with E-state index in [4.69, 9.17) is 0 Å². The molecule has 6 heteroatoms. The van der Waals surface area contributed by atoms with Crippen molar-refractivity contribution >= 4 is 27.4 Å². The molecule has 0 aromatic heterocycles. The molecule has 0 amide bonds. The van der Waals surface area contributed by atoms with Crippen molar-refractivity contribution in [3.63, 3.8) is 0 Å². The van der Waals surface area contributed by atoms with Crippen molar-refractivity contribution in [2.75, 3.05) is 23.8 Å². The minimum Gasteiger partial charge on any atom is -0.298 e. The molecule has 2 atom stereocenters. The molecule has 2 aliphatic rings. The Balaban J connectivity index is 2.21. The van der Waals surface area contributed by atoms with E-state index in [2.05, 4.69) is 0 Å². The van der Waals surface area contributed by atoms with Crippen molar-refractivity contribution < 1.29 is 13.2 Å². The fourth-order valence-electron chi connectivity index (χ4n) is 2.94. The lowest BCUT2D eigenvalue weighted by Crippen LogP contribution is -2.54. The van der Waals surface area contributed by atoms with Crippen LogP contribution in [0, 0.1) is 0 Å². The van der Waals surface area contributed by atoms with E-state index in [1.165, 1.54) is 0 Å². The van der Waals surface area contributed by atoms with Crippen LogP contribution >= 0.6 is 11.8 Å². The number of thioether (sulfide) groups is 1. The van der Waals surface area contributed by atoms with E-state index in [-0.39, 0.29) is 17.6 Å². The first-order valence-electron chi connectivity index (χ1n) is 7.14. The molecule has 2 fully saturated rings. The van der Waals surface area contributed by atoms with Gasteiger partial charge in [0, 0.05) is 30.2 Å². The second kappa shape index (κ2) is 6.59. The standard InChI is InChI=1S/C13H23NO3S2/c1-2-19(16,17)13-10-18-9-8-14(13)11-6-4-3-5-7-12(11)15/h11,13H,2-10H2,1H3. The Morgan fingerprint density at radius 1 is 1.32 bits per heavy atom. The van der Waals surface area contributed by atoms with E-state index in [0.717, 1.165) is 38.0 Å². The highest BCUT2D eigenvalue weighted by Gasteiger charge is 2.39. The minimum absolute atomic E-state index is 0.158. The molecule has 1 aliphatic carbocycles.